The van der Waals surface area contributed by atoms with Gasteiger partial charge in [-0.1, -0.05) is 42.5 Å². The van der Waals surface area contributed by atoms with Crippen molar-refractivity contribution in [1.82, 2.24) is 14.9 Å². The number of aromatic nitrogens is 2. The quantitative estimate of drug-likeness (QED) is 0.797. The summed E-state index contributed by atoms with van der Waals surface area (Å²) in [6.07, 6.45) is 3.37. The highest BCUT2D eigenvalue weighted by atomic mass is 16.2. The first-order valence-corrected chi connectivity index (χ1v) is 7.66. The zero-order chi connectivity index (χ0) is 16.8. The molecule has 1 aromatic carbocycles. The number of pyridine rings is 2. The van der Waals surface area contributed by atoms with Crippen molar-refractivity contribution < 1.29 is 4.79 Å². The van der Waals surface area contributed by atoms with Gasteiger partial charge in [-0.25, -0.2) is 9.78 Å². The minimum Gasteiger partial charge on any atom is -0.315 e. The maximum Gasteiger partial charge on any atom is 0.323 e. The third-order valence-corrected chi connectivity index (χ3v) is 3.69. The largest absolute Gasteiger partial charge is 0.323 e. The maximum atomic E-state index is 12.6. The number of nitrogens with zero attached hydrogens (tertiary/aromatic N) is 3. The molecule has 1 atom stereocenters. The van der Waals surface area contributed by atoms with Gasteiger partial charge in [-0.05, 0) is 29.8 Å². The summed E-state index contributed by atoms with van der Waals surface area (Å²) in [6, 6.07) is 20.4. The number of urea groups is 1. The van der Waals surface area contributed by atoms with Gasteiger partial charge in [0.05, 0.1) is 5.69 Å². The Morgan fingerprint density at radius 2 is 1.58 bits per heavy atom. The van der Waals surface area contributed by atoms with Crippen molar-refractivity contribution in [2.24, 2.45) is 0 Å². The Morgan fingerprint density at radius 1 is 0.917 bits per heavy atom. The number of anilines is 1. The number of carbonyl (C=O) groups is 1. The fourth-order valence-corrected chi connectivity index (χ4v) is 2.52. The molecule has 0 unspecified atom stereocenters. The Hall–Kier alpha value is -3.21. The summed E-state index contributed by atoms with van der Waals surface area (Å²) in [6.45, 7) is 0. The average Bonchev–Trinajstić information content (AvgIpc) is 2.64. The van der Waals surface area contributed by atoms with Crippen molar-refractivity contribution in [1.29, 1.82) is 0 Å². The summed E-state index contributed by atoms with van der Waals surface area (Å²) in [4.78, 5) is 22.8. The summed E-state index contributed by atoms with van der Waals surface area (Å²) in [5.74, 6) is 0.516. The molecule has 24 heavy (non-hydrogen) atoms. The molecule has 3 aromatic rings. The highest BCUT2D eigenvalue weighted by molar-refractivity contribution is 5.88. The second-order valence-electron chi connectivity index (χ2n) is 5.32. The average molecular weight is 318 g/mol. The normalized spacial score (nSPS) is 11.5. The Kier molecular flexibility index (Phi) is 4.81. The van der Waals surface area contributed by atoms with Crippen LogP contribution in [0.25, 0.3) is 0 Å². The van der Waals surface area contributed by atoms with E-state index in [2.05, 4.69) is 15.3 Å². The van der Waals surface area contributed by atoms with Crippen LogP contribution in [0.4, 0.5) is 10.6 Å². The van der Waals surface area contributed by atoms with Crippen molar-refractivity contribution >= 4 is 11.8 Å². The van der Waals surface area contributed by atoms with Gasteiger partial charge in [0.2, 0.25) is 0 Å². The fourth-order valence-electron chi connectivity index (χ4n) is 2.52. The van der Waals surface area contributed by atoms with Gasteiger partial charge in [0, 0.05) is 19.4 Å². The molecule has 0 aliphatic rings. The van der Waals surface area contributed by atoms with E-state index < -0.39 is 0 Å². The molecule has 5 nitrogen and oxygen atoms in total. The Morgan fingerprint density at radius 3 is 2.21 bits per heavy atom. The lowest BCUT2D eigenvalue weighted by Crippen LogP contribution is -2.36. The molecule has 0 spiro atoms. The van der Waals surface area contributed by atoms with Gasteiger partial charge in [0.1, 0.15) is 11.9 Å². The second-order valence-corrected chi connectivity index (χ2v) is 5.32. The van der Waals surface area contributed by atoms with Crippen LogP contribution >= 0.6 is 0 Å². The van der Waals surface area contributed by atoms with Crippen LogP contribution in [0.1, 0.15) is 17.3 Å². The van der Waals surface area contributed by atoms with Crippen LogP contribution in [-0.4, -0.2) is 27.9 Å². The van der Waals surface area contributed by atoms with Gasteiger partial charge in [0.25, 0.3) is 0 Å². The van der Waals surface area contributed by atoms with Crippen LogP contribution in [0.2, 0.25) is 0 Å². The summed E-state index contributed by atoms with van der Waals surface area (Å²) in [5.41, 5.74) is 1.80. The molecule has 0 aliphatic heterocycles. The first-order chi connectivity index (χ1) is 11.8. The van der Waals surface area contributed by atoms with Crippen molar-refractivity contribution in [2.45, 2.75) is 6.04 Å². The third-order valence-electron chi connectivity index (χ3n) is 3.69. The van der Waals surface area contributed by atoms with Crippen LogP contribution in [0.3, 0.4) is 0 Å². The first-order valence-electron chi connectivity index (χ1n) is 7.66. The number of hydrogen-bond acceptors (Lipinski definition) is 3. The zero-order valence-electron chi connectivity index (χ0n) is 13.3. The molecule has 0 fully saturated rings. The molecule has 2 aromatic heterocycles. The number of carbonyl (C=O) groups excluding carboxylic acids is 1. The van der Waals surface area contributed by atoms with E-state index in [9.17, 15) is 4.79 Å². The van der Waals surface area contributed by atoms with E-state index in [4.69, 9.17) is 0 Å². The van der Waals surface area contributed by atoms with E-state index in [1.54, 1.807) is 36.5 Å². The second kappa shape index (κ2) is 7.37. The van der Waals surface area contributed by atoms with Crippen molar-refractivity contribution in [3.8, 4) is 0 Å². The Balaban J connectivity index is 1.89. The van der Waals surface area contributed by atoms with E-state index >= 15 is 0 Å². The molecule has 0 saturated carbocycles. The summed E-state index contributed by atoms with van der Waals surface area (Å²) >= 11 is 0. The van der Waals surface area contributed by atoms with Crippen LogP contribution in [-0.2, 0) is 0 Å². The van der Waals surface area contributed by atoms with Gasteiger partial charge >= 0.3 is 6.03 Å². The molecule has 1 N–H and O–H groups in total. The summed E-state index contributed by atoms with van der Waals surface area (Å²) < 4.78 is 0. The van der Waals surface area contributed by atoms with Crippen molar-refractivity contribution in [3.05, 3.63) is 90.4 Å². The van der Waals surface area contributed by atoms with Crippen molar-refractivity contribution in [2.75, 3.05) is 12.4 Å². The number of hydrogen-bond donors (Lipinski definition) is 1. The van der Waals surface area contributed by atoms with E-state index in [0.29, 0.717) is 5.82 Å². The topological polar surface area (TPSA) is 58.1 Å². The molecule has 3 rings (SSSR count). The van der Waals surface area contributed by atoms with Gasteiger partial charge in [-0.15, -0.1) is 0 Å². The number of nitrogens with one attached hydrogen (secondary N) is 1. The molecule has 0 radical (unpaired) electrons. The highest BCUT2D eigenvalue weighted by Crippen LogP contribution is 2.26. The molecule has 2 heterocycles. The van der Waals surface area contributed by atoms with Gasteiger partial charge < -0.3 is 4.90 Å². The fraction of sp³-hybridized carbons (Fsp3) is 0.105. The molecule has 0 bridgehead atoms. The SMILES string of the molecule is CN(C(=O)Nc1ccccn1)[C@@H](c1ccccc1)c1ccccn1. The molecule has 0 saturated heterocycles. The number of rotatable bonds is 4. The maximum absolute atomic E-state index is 12.6. The summed E-state index contributed by atoms with van der Waals surface area (Å²) in [5, 5.41) is 2.81. The minimum atomic E-state index is -0.281. The standard InChI is InChI=1S/C19H18N4O/c1-23(19(24)22-17-12-6-8-14-21-17)18(15-9-3-2-4-10-15)16-11-5-7-13-20-16/h2-14,18H,1H3,(H,21,22,24)/t18-/m0/s1. The van der Waals surface area contributed by atoms with E-state index in [1.165, 1.54) is 0 Å². The minimum absolute atomic E-state index is 0.242. The lowest BCUT2D eigenvalue weighted by molar-refractivity contribution is 0.211. The van der Waals surface area contributed by atoms with Gasteiger partial charge in [-0.3, -0.25) is 10.3 Å². The molecule has 2 amide bonds. The van der Waals surface area contributed by atoms with Crippen LogP contribution < -0.4 is 5.32 Å². The Labute approximate surface area is 141 Å². The molecular formula is C19H18N4O. The lowest BCUT2D eigenvalue weighted by atomic mass is 10.0. The van der Waals surface area contributed by atoms with Crippen molar-refractivity contribution in [3.63, 3.8) is 0 Å². The van der Waals surface area contributed by atoms with E-state index in [0.717, 1.165) is 11.3 Å². The molecule has 5 heteroatoms. The zero-order valence-corrected chi connectivity index (χ0v) is 13.3. The van der Waals surface area contributed by atoms with Crippen LogP contribution in [0.15, 0.2) is 79.1 Å². The van der Waals surface area contributed by atoms with Crippen LogP contribution in [0, 0.1) is 0 Å². The van der Waals surface area contributed by atoms with Gasteiger partial charge in [-0.2, -0.15) is 0 Å². The molecule has 120 valence electrons. The number of amides is 2. The van der Waals surface area contributed by atoms with Crippen LogP contribution in [0.5, 0.6) is 0 Å². The number of benzene rings is 1. The third kappa shape index (κ3) is 3.57. The predicted molar refractivity (Wildman–Crippen MR) is 93.5 cm³/mol. The Bertz CT molecular complexity index is 739. The van der Waals surface area contributed by atoms with Gasteiger partial charge in [0.15, 0.2) is 0 Å². The van der Waals surface area contributed by atoms with E-state index in [-0.39, 0.29) is 12.1 Å². The lowest BCUT2D eigenvalue weighted by Gasteiger charge is -2.28. The van der Waals surface area contributed by atoms with E-state index in [1.807, 2.05) is 54.6 Å². The smallest absolute Gasteiger partial charge is 0.315 e. The highest BCUT2D eigenvalue weighted by Gasteiger charge is 2.24. The predicted octanol–water partition coefficient (Wildman–Crippen LogP) is 3.73. The monoisotopic (exact) mass is 318 g/mol. The first kappa shape index (κ1) is 15.7. The molecule has 0 aliphatic carbocycles. The molecular weight excluding hydrogens is 300 g/mol. The summed E-state index contributed by atoms with van der Waals surface area (Å²) in [7, 11) is 1.75.